The van der Waals surface area contributed by atoms with E-state index in [1.165, 1.54) is 18.2 Å². The summed E-state index contributed by atoms with van der Waals surface area (Å²) >= 11 is 1.01. The van der Waals surface area contributed by atoms with Gasteiger partial charge in [0.1, 0.15) is 11.9 Å². The van der Waals surface area contributed by atoms with Crippen LogP contribution < -0.4 is 10.2 Å². The molecule has 3 aromatic rings. The number of carbonyl (C=O) groups is 2. The zero-order valence-corrected chi connectivity index (χ0v) is 18.4. The van der Waals surface area contributed by atoms with Crippen LogP contribution in [-0.2, 0) is 16.1 Å². The van der Waals surface area contributed by atoms with Crippen molar-refractivity contribution in [2.24, 2.45) is 0 Å². The van der Waals surface area contributed by atoms with Gasteiger partial charge in [0.05, 0.1) is 30.1 Å². The van der Waals surface area contributed by atoms with Crippen molar-refractivity contribution < 1.29 is 22.8 Å². The highest BCUT2D eigenvalue weighted by molar-refractivity contribution is 7.99. The molecule has 2 heterocycles. The fourth-order valence-electron chi connectivity index (χ4n) is 3.61. The Morgan fingerprint density at radius 2 is 1.82 bits per heavy atom. The van der Waals surface area contributed by atoms with Crippen molar-refractivity contribution in [2.75, 3.05) is 16.0 Å². The minimum Gasteiger partial charge on any atom is -0.324 e. The maximum Gasteiger partial charge on any atom is 0.409 e. The lowest BCUT2D eigenvalue weighted by atomic mass is 10.1. The van der Waals surface area contributed by atoms with Gasteiger partial charge >= 0.3 is 6.18 Å². The number of aryl methyl sites for hydroxylation is 1. The molecule has 11 heteroatoms. The first kappa shape index (κ1) is 22.8. The summed E-state index contributed by atoms with van der Waals surface area (Å²) in [7, 11) is 0. The predicted octanol–water partition coefficient (Wildman–Crippen LogP) is 4.03. The Labute approximate surface area is 192 Å². The van der Waals surface area contributed by atoms with E-state index in [9.17, 15) is 22.8 Å². The molecule has 1 atom stereocenters. The molecular formula is C22H20F3N5O2S. The van der Waals surface area contributed by atoms with Gasteiger partial charge in [-0.05, 0) is 24.6 Å². The zero-order valence-electron chi connectivity index (χ0n) is 17.5. The summed E-state index contributed by atoms with van der Waals surface area (Å²) in [4.78, 5) is 25.9. The molecule has 0 radical (unpaired) electrons. The molecule has 0 spiro atoms. The van der Waals surface area contributed by atoms with E-state index in [1.807, 2.05) is 30.3 Å². The zero-order chi connectivity index (χ0) is 23.6. The Bertz CT molecular complexity index is 1170. The van der Waals surface area contributed by atoms with Gasteiger partial charge in [-0.1, -0.05) is 54.2 Å². The number of aromatic nitrogens is 3. The van der Waals surface area contributed by atoms with Crippen LogP contribution in [0.25, 0.3) is 0 Å². The first-order valence-corrected chi connectivity index (χ1v) is 11.1. The molecule has 4 rings (SSSR count). The monoisotopic (exact) mass is 475 g/mol. The number of amides is 2. The van der Waals surface area contributed by atoms with Crippen LogP contribution in [0.2, 0.25) is 0 Å². The first-order valence-electron chi connectivity index (χ1n) is 10.1. The third-order valence-electron chi connectivity index (χ3n) is 5.18. The van der Waals surface area contributed by atoms with E-state index < -0.39 is 30.5 Å². The number of hydrogen-bond donors (Lipinski definition) is 1. The number of nitrogens with one attached hydrogen (secondary N) is 1. The number of benzene rings is 2. The SMILES string of the molecule is Cc1nnc(SCC(=O)N2c3ccccc3NC(=O)CC2C(F)(F)F)n1Cc1ccccc1. The Kier molecular flexibility index (Phi) is 6.41. The Morgan fingerprint density at radius 3 is 2.55 bits per heavy atom. The number of halogens is 3. The number of fused-ring (bicyclic) bond motifs is 1. The maximum absolute atomic E-state index is 13.9. The number of carbonyl (C=O) groups excluding carboxylic acids is 2. The molecule has 7 nitrogen and oxygen atoms in total. The van der Waals surface area contributed by atoms with E-state index in [1.54, 1.807) is 17.6 Å². The van der Waals surface area contributed by atoms with Crippen LogP contribution in [0, 0.1) is 6.92 Å². The van der Waals surface area contributed by atoms with Gasteiger partial charge in [0.2, 0.25) is 11.8 Å². The van der Waals surface area contributed by atoms with Gasteiger partial charge in [-0.15, -0.1) is 10.2 Å². The number of nitrogens with zero attached hydrogens (tertiary/aromatic N) is 4. The molecule has 1 aromatic heterocycles. The topological polar surface area (TPSA) is 80.1 Å². The lowest BCUT2D eigenvalue weighted by molar-refractivity contribution is -0.157. The summed E-state index contributed by atoms with van der Waals surface area (Å²) in [6.45, 7) is 2.23. The van der Waals surface area contributed by atoms with Crippen LogP contribution in [-0.4, -0.2) is 44.5 Å². The number of rotatable bonds is 5. The molecule has 0 saturated carbocycles. The fraction of sp³-hybridized carbons (Fsp3) is 0.273. The smallest absolute Gasteiger partial charge is 0.324 e. The average molecular weight is 475 g/mol. The summed E-state index contributed by atoms with van der Waals surface area (Å²) in [5, 5.41) is 11.0. The summed E-state index contributed by atoms with van der Waals surface area (Å²) in [5.74, 6) is -1.26. The van der Waals surface area contributed by atoms with Crippen molar-refractivity contribution in [3.8, 4) is 0 Å². The van der Waals surface area contributed by atoms with Crippen molar-refractivity contribution in [3.63, 3.8) is 0 Å². The van der Waals surface area contributed by atoms with Gasteiger partial charge in [-0.2, -0.15) is 13.2 Å². The van der Waals surface area contributed by atoms with Crippen molar-refractivity contribution >= 4 is 35.0 Å². The van der Waals surface area contributed by atoms with E-state index in [0.717, 1.165) is 17.3 Å². The van der Waals surface area contributed by atoms with E-state index in [4.69, 9.17) is 0 Å². The molecule has 172 valence electrons. The molecule has 0 fully saturated rings. The largest absolute Gasteiger partial charge is 0.409 e. The molecule has 33 heavy (non-hydrogen) atoms. The Morgan fingerprint density at radius 1 is 1.12 bits per heavy atom. The highest BCUT2D eigenvalue weighted by Gasteiger charge is 2.48. The number of thioether (sulfide) groups is 1. The minimum atomic E-state index is -4.78. The van der Waals surface area contributed by atoms with Crippen molar-refractivity contribution in [1.82, 2.24) is 14.8 Å². The molecule has 1 aliphatic rings. The summed E-state index contributed by atoms with van der Waals surface area (Å²) < 4.78 is 43.4. The maximum atomic E-state index is 13.9. The predicted molar refractivity (Wildman–Crippen MR) is 118 cm³/mol. The molecule has 0 bridgehead atoms. The summed E-state index contributed by atoms with van der Waals surface area (Å²) in [5.41, 5.74) is 1.17. The van der Waals surface area contributed by atoms with Gasteiger partial charge in [-0.3, -0.25) is 14.5 Å². The molecule has 0 aliphatic carbocycles. The van der Waals surface area contributed by atoms with Gasteiger partial charge in [-0.25, -0.2) is 0 Å². The van der Waals surface area contributed by atoms with Crippen LogP contribution in [0.3, 0.4) is 0 Å². The highest BCUT2D eigenvalue weighted by atomic mass is 32.2. The molecule has 1 aliphatic heterocycles. The van der Waals surface area contributed by atoms with E-state index in [-0.39, 0.29) is 17.1 Å². The van der Waals surface area contributed by atoms with Gasteiger partial charge in [0.25, 0.3) is 0 Å². The van der Waals surface area contributed by atoms with Crippen molar-refractivity contribution in [1.29, 1.82) is 0 Å². The number of anilines is 2. The summed E-state index contributed by atoms with van der Waals surface area (Å²) in [6.07, 6.45) is -5.66. The van der Waals surface area contributed by atoms with Crippen molar-refractivity contribution in [2.45, 2.75) is 37.3 Å². The van der Waals surface area contributed by atoms with Crippen LogP contribution in [0.15, 0.2) is 59.8 Å². The highest BCUT2D eigenvalue weighted by Crippen LogP contribution is 2.38. The fourth-order valence-corrected chi connectivity index (χ4v) is 4.45. The van der Waals surface area contributed by atoms with E-state index in [0.29, 0.717) is 22.4 Å². The van der Waals surface area contributed by atoms with Gasteiger partial charge in [0, 0.05) is 0 Å². The van der Waals surface area contributed by atoms with Crippen LogP contribution in [0.5, 0.6) is 0 Å². The second kappa shape index (κ2) is 9.26. The third-order valence-corrected chi connectivity index (χ3v) is 6.14. The second-order valence-corrected chi connectivity index (χ2v) is 8.42. The molecule has 2 aromatic carbocycles. The Hall–Kier alpha value is -3.34. The van der Waals surface area contributed by atoms with Crippen LogP contribution >= 0.6 is 11.8 Å². The molecular weight excluding hydrogens is 455 g/mol. The van der Waals surface area contributed by atoms with E-state index in [2.05, 4.69) is 15.5 Å². The van der Waals surface area contributed by atoms with E-state index >= 15 is 0 Å². The first-order chi connectivity index (χ1) is 15.7. The normalized spacial score (nSPS) is 16.2. The van der Waals surface area contributed by atoms with Crippen molar-refractivity contribution in [3.05, 3.63) is 66.0 Å². The average Bonchev–Trinajstić information content (AvgIpc) is 3.03. The molecule has 2 amide bonds. The number of para-hydroxylation sites is 2. The summed E-state index contributed by atoms with van der Waals surface area (Å²) in [6, 6.07) is 13.3. The second-order valence-electron chi connectivity index (χ2n) is 7.48. The van der Waals surface area contributed by atoms with Crippen LogP contribution in [0.1, 0.15) is 17.8 Å². The molecule has 1 N–H and O–H groups in total. The number of hydrogen-bond acceptors (Lipinski definition) is 5. The quantitative estimate of drug-likeness (QED) is 0.564. The lowest BCUT2D eigenvalue weighted by Crippen LogP contribution is -2.50. The third kappa shape index (κ3) is 5.03. The molecule has 0 saturated heterocycles. The lowest BCUT2D eigenvalue weighted by Gasteiger charge is -2.31. The van der Waals surface area contributed by atoms with Gasteiger partial charge in [0.15, 0.2) is 5.16 Å². The standard InChI is InChI=1S/C22H20F3N5O2S/c1-14-27-28-21(29(14)12-15-7-3-2-4-8-15)33-13-20(32)30-17-10-6-5-9-16(17)26-19(31)11-18(30)22(23,24)25/h2-10,18H,11-13H2,1H3,(H,26,31). The van der Waals surface area contributed by atoms with Crippen LogP contribution in [0.4, 0.5) is 24.5 Å². The number of alkyl halides is 3. The molecule has 1 unspecified atom stereocenters. The van der Waals surface area contributed by atoms with Gasteiger partial charge < -0.3 is 9.88 Å². The minimum absolute atomic E-state index is 0.0122. The Balaban J connectivity index is 1.59.